The summed E-state index contributed by atoms with van der Waals surface area (Å²) in [5.41, 5.74) is 1.09. The Kier molecular flexibility index (Phi) is 8.71. The van der Waals surface area contributed by atoms with Gasteiger partial charge in [0.05, 0.1) is 13.2 Å². The number of aliphatic carboxylic acids is 1. The van der Waals surface area contributed by atoms with Gasteiger partial charge in [-0.1, -0.05) is 32.0 Å². The molecule has 10 nitrogen and oxygen atoms in total. The third-order valence-electron chi connectivity index (χ3n) is 7.63. The molecule has 1 aromatic heterocycles. The maximum absolute atomic E-state index is 12.7. The number of aromatic nitrogens is 2. The molecular formula is C29H42N4O6. The maximum atomic E-state index is 12.7. The monoisotopic (exact) mass is 542 g/mol. The average molecular weight is 543 g/mol. The first-order valence-electron chi connectivity index (χ1n) is 14.0. The lowest BCUT2D eigenvalue weighted by atomic mass is 9.84. The predicted molar refractivity (Wildman–Crippen MR) is 146 cm³/mol. The number of hydrogen-bond acceptors (Lipinski definition) is 8. The summed E-state index contributed by atoms with van der Waals surface area (Å²) in [4.78, 5) is 32.6. The van der Waals surface area contributed by atoms with Gasteiger partial charge >= 0.3 is 18.1 Å². The Morgan fingerprint density at radius 1 is 1.15 bits per heavy atom. The number of carboxylic acid groups (broad SMARTS) is 1. The number of carboxylic acids is 1. The molecule has 3 heterocycles. The van der Waals surface area contributed by atoms with Crippen molar-refractivity contribution in [3.05, 3.63) is 35.2 Å². The molecule has 10 heteroatoms. The fourth-order valence-corrected chi connectivity index (χ4v) is 5.23. The SMILES string of the molecule is CC(C)c1noc(N2CCC([C@H](C)CCOc3ccc4c(c3)CN(C(=O)OC(C)(C)C)[C@H](C(=O)O)C4)CC2)n1. The highest BCUT2D eigenvalue weighted by molar-refractivity contribution is 5.81. The Labute approximate surface area is 230 Å². The number of carbonyl (C=O) groups is 2. The number of hydrogen-bond donors (Lipinski definition) is 1. The zero-order chi connectivity index (χ0) is 28.3. The molecular weight excluding hydrogens is 500 g/mol. The fourth-order valence-electron chi connectivity index (χ4n) is 5.23. The molecule has 0 aliphatic carbocycles. The van der Waals surface area contributed by atoms with Crippen LogP contribution in [0.4, 0.5) is 10.8 Å². The number of nitrogens with zero attached hydrogens (tertiary/aromatic N) is 4. The first-order chi connectivity index (χ1) is 18.4. The minimum Gasteiger partial charge on any atom is -0.494 e. The third-order valence-corrected chi connectivity index (χ3v) is 7.63. The molecule has 1 N–H and O–H groups in total. The Morgan fingerprint density at radius 2 is 1.87 bits per heavy atom. The van der Waals surface area contributed by atoms with Crippen molar-refractivity contribution in [3.8, 4) is 5.75 Å². The highest BCUT2D eigenvalue weighted by Crippen LogP contribution is 2.31. The first kappa shape index (κ1) is 28.7. The molecule has 214 valence electrons. The highest BCUT2D eigenvalue weighted by atomic mass is 16.6. The van der Waals surface area contributed by atoms with Crippen molar-refractivity contribution < 1.29 is 28.7 Å². The molecule has 0 radical (unpaired) electrons. The summed E-state index contributed by atoms with van der Waals surface area (Å²) in [5, 5.41) is 13.8. The molecule has 0 spiro atoms. The molecule has 39 heavy (non-hydrogen) atoms. The maximum Gasteiger partial charge on any atom is 0.411 e. The molecule has 2 aliphatic rings. The van der Waals surface area contributed by atoms with Crippen LogP contribution >= 0.6 is 0 Å². The van der Waals surface area contributed by atoms with Crippen LogP contribution in [0.3, 0.4) is 0 Å². The van der Waals surface area contributed by atoms with E-state index in [2.05, 4.69) is 35.8 Å². The first-order valence-corrected chi connectivity index (χ1v) is 14.0. The molecule has 1 fully saturated rings. The van der Waals surface area contributed by atoms with Crippen LogP contribution in [0, 0.1) is 11.8 Å². The average Bonchev–Trinajstić information content (AvgIpc) is 3.38. The fraction of sp³-hybridized carbons (Fsp3) is 0.655. The number of carbonyl (C=O) groups excluding carboxylic acids is 1. The number of anilines is 1. The van der Waals surface area contributed by atoms with Gasteiger partial charge < -0.3 is 24.0 Å². The number of fused-ring (bicyclic) bond motifs is 1. The molecule has 2 aromatic rings. The van der Waals surface area contributed by atoms with E-state index in [1.54, 1.807) is 20.8 Å². The van der Waals surface area contributed by atoms with Crippen molar-refractivity contribution in [3.63, 3.8) is 0 Å². The quantitative estimate of drug-likeness (QED) is 0.476. The zero-order valence-electron chi connectivity index (χ0n) is 24.0. The van der Waals surface area contributed by atoms with Crippen molar-refractivity contribution in [2.45, 2.75) is 91.3 Å². The standard InChI is InChI=1S/C29H42N4O6/c1-18(2)25-30-27(39-31-25)32-12-9-20(10-13-32)19(3)11-14-37-23-8-7-21-16-24(26(34)35)33(17-22(21)15-23)28(36)38-29(4,5)6/h7-8,15,18-20,24H,9-14,16-17H2,1-6H3,(H,34,35)/t19-,24+/m1/s1. The van der Waals surface area contributed by atoms with E-state index in [4.69, 9.17) is 14.0 Å². The number of ether oxygens (including phenoxy) is 2. The lowest BCUT2D eigenvalue weighted by Crippen LogP contribution is -2.50. The van der Waals surface area contributed by atoms with E-state index >= 15 is 0 Å². The largest absolute Gasteiger partial charge is 0.494 e. The summed E-state index contributed by atoms with van der Waals surface area (Å²) >= 11 is 0. The van der Waals surface area contributed by atoms with Gasteiger partial charge in [-0.2, -0.15) is 4.98 Å². The number of piperidine rings is 1. The normalized spacial score (nSPS) is 19.1. The van der Waals surface area contributed by atoms with Gasteiger partial charge in [0.2, 0.25) is 0 Å². The number of benzene rings is 1. The molecule has 0 bridgehead atoms. The van der Waals surface area contributed by atoms with E-state index < -0.39 is 23.7 Å². The Hall–Kier alpha value is -3.30. The van der Waals surface area contributed by atoms with E-state index in [1.807, 2.05) is 18.2 Å². The zero-order valence-corrected chi connectivity index (χ0v) is 24.0. The smallest absolute Gasteiger partial charge is 0.411 e. The lowest BCUT2D eigenvalue weighted by molar-refractivity contribution is -0.143. The van der Waals surface area contributed by atoms with Crippen molar-refractivity contribution in [2.24, 2.45) is 11.8 Å². The van der Waals surface area contributed by atoms with Gasteiger partial charge in [0.1, 0.15) is 17.4 Å². The van der Waals surface area contributed by atoms with Gasteiger partial charge in [-0.3, -0.25) is 4.90 Å². The molecule has 1 saturated heterocycles. The topological polar surface area (TPSA) is 118 Å². The summed E-state index contributed by atoms with van der Waals surface area (Å²) < 4.78 is 17.0. The molecule has 2 atom stereocenters. The van der Waals surface area contributed by atoms with Crippen LogP contribution < -0.4 is 9.64 Å². The van der Waals surface area contributed by atoms with Gasteiger partial charge in [-0.25, -0.2) is 9.59 Å². The Morgan fingerprint density at radius 3 is 2.49 bits per heavy atom. The minimum atomic E-state index is -1.04. The highest BCUT2D eigenvalue weighted by Gasteiger charge is 2.37. The van der Waals surface area contributed by atoms with Crippen molar-refractivity contribution in [1.82, 2.24) is 15.0 Å². The Balaban J connectivity index is 1.28. The predicted octanol–water partition coefficient (Wildman–Crippen LogP) is 5.26. The molecule has 1 amide bonds. The van der Waals surface area contributed by atoms with Crippen LogP contribution in [0.5, 0.6) is 5.75 Å². The second kappa shape index (κ2) is 11.8. The summed E-state index contributed by atoms with van der Waals surface area (Å²) in [6, 6.07) is 5.39. The van der Waals surface area contributed by atoms with Crippen LogP contribution in [0.2, 0.25) is 0 Å². The van der Waals surface area contributed by atoms with Crippen molar-refractivity contribution in [2.75, 3.05) is 24.6 Å². The summed E-state index contributed by atoms with van der Waals surface area (Å²) in [5.74, 6) is 1.81. The third kappa shape index (κ3) is 7.22. The van der Waals surface area contributed by atoms with Crippen LogP contribution in [-0.4, -0.2) is 63.5 Å². The van der Waals surface area contributed by atoms with Crippen molar-refractivity contribution >= 4 is 18.1 Å². The van der Waals surface area contributed by atoms with E-state index in [0.29, 0.717) is 24.5 Å². The van der Waals surface area contributed by atoms with Gasteiger partial charge in [0.15, 0.2) is 5.82 Å². The molecule has 1 aromatic carbocycles. The molecule has 4 rings (SSSR count). The van der Waals surface area contributed by atoms with E-state index in [1.165, 1.54) is 4.90 Å². The van der Waals surface area contributed by atoms with E-state index in [-0.39, 0.29) is 18.9 Å². The molecule has 2 aliphatic heterocycles. The van der Waals surface area contributed by atoms with Crippen LogP contribution in [-0.2, 0) is 22.5 Å². The second-order valence-corrected chi connectivity index (χ2v) is 12.1. The molecule has 0 saturated carbocycles. The van der Waals surface area contributed by atoms with Gasteiger partial charge in [-0.05, 0) is 75.1 Å². The Bertz CT molecular complexity index is 1150. The molecule has 0 unspecified atom stereocenters. The van der Waals surface area contributed by atoms with Crippen LogP contribution in [0.25, 0.3) is 0 Å². The summed E-state index contributed by atoms with van der Waals surface area (Å²) in [7, 11) is 0. The van der Waals surface area contributed by atoms with Gasteiger partial charge in [0, 0.05) is 25.4 Å². The van der Waals surface area contributed by atoms with E-state index in [0.717, 1.165) is 55.1 Å². The summed E-state index contributed by atoms with van der Waals surface area (Å²) in [6.45, 7) is 14.3. The van der Waals surface area contributed by atoms with Gasteiger partial charge in [-0.15, -0.1) is 0 Å². The lowest BCUT2D eigenvalue weighted by Gasteiger charge is -2.35. The van der Waals surface area contributed by atoms with E-state index in [9.17, 15) is 14.7 Å². The van der Waals surface area contributed by atoms with Crippen molar-refractivity contribution in [1.29, 1.82) is 0 Å². The van der Waals surface area contributed by atoms with Crippen LogP contribution in [0.15, 0.2) is 22.7 Å². The summed E-state index contributed by atoms with van der Waals surface area (Å²) in [6.07, 6.45) is 2.70. The number of rotatable bonds is 8. The second-order valence-electron chi connectivity index (χ2n) is 12.1. The van der Waals surface area contributed by atoms with Gasteiger partial charge in [0.25, 0.3) is 0 Å². The minimum absolute atomic E-state index is 0.173. The van der Waals surface area contributed by atoms with Crippen LogP contribution in [0.1, 0.15) is 83.7 Å². The number of amides is 1.